The van der Waals surface area contributed by atoms with Crippen LogP contribution in [0.5, 0.6) is 0 Å². The Hall–Kier alpha value is -1.92. The number of para-hydroxylation sites is 2. The van der Waals surface area contributed by atoms with E-state index in [4.69, 9.17) is 0 Å². The molecular weight excluding hydrogens is 408 g/mol. The van der Waals surface area contributed by atoms with E-state index < -0.39 is 0 Å². The van der Waals surface area contributed by atoms with Crippen molar-refractivity contribution in [1.29, 1.82) is 0 Å². The summed E-state index contributed by atoms with van der Waals surface area (Å²) in [6.07, 6.45) is 3.37. The fraction of sp³-hybridized carbons (Fsp3) is 0. The van der Waals surface area contributed by atoms with Gasteiger partial charge in [0.05, 0.1) is 11.0 Å². The lowest BCUT2D eigenvalue weighted by atomic mass is 10.2. The average Bonchev–Trinajstić information content (AvgIpc) is 2.55. The van der Waals surface area contributed by atoms with Crippen molar-refractivity contribution in [3.63, 3.8) is 0 Å². The molecule has 22 heavy (non-hydrogen) atoms. The third-order valence-corrected chi connectivity index (χ3v) is 3.90. The van der Waals surface area contributed by atoms with Crippen LogP contribution in [0.3, 0.4) is 0 Å². The van der Waals surface area contributed by atoms with Gasteiger partial charge in [-0.05, 0) is 44.0 Å². The zero-order chi connectivity index (χ0) is 15.4. The molecule has 0 aliphatic rings. The summed E-state index contributed by atoms with van der Waals surface area (Å²) < 4.78 is 1.42. The fourth-order valence-electron chi connectivity index (χ4n) is 1.93. The van der Waals surface area contributed by atoms with Crippen molar-refractivity contribution in [3.8, 4) is 0 Å². The molecular formula is C16H10Br2N4. The van der Waals surface area contributed by atoms with Gasteiger partial charge in [-0.25, -0.2) is 19.9 Å². The van der Waals surface area contributed by atoms with Crippen LogP contribution in [0.2, 0.25) is 0 Å². The molecule has 4 nitrogen and oxygen atoms in total. The number of hydrogen-bond acceptors (Lipinski definition) is 4. The van der Waals surface area contributed by atoms with Gasteiger partial charge in [0.25, 0.3) is 0 Å². The van der Waals surface area contributed by atoms with E-state index in [2.05, 4.69) is 51.8 Å². The summed E-state index contributed by atoms with van der Waals surface area (Å²) in [5.41, 5.74) is 1.93. The lowest BCUT2D eigenvalue weighted by Crippen LogP contribution is -1.85. The van der Waals surface area contributed by atoms with Gasteiger partial charge < -0.3 is 0 Å². The molecule has 0 saturated carbocycles. The predicted octanol–water partition coefficient (Wildman–Crippen LogP) is 4.78. The molecule has 0 spiro atoms. The van der Waals surface area contributed by atoms with Crippen LogP contribution in [-0.2, 0) is 0 Å². The number of aromatic nitrogens is 4. The van der Waals surface area contributed by atoms with Gasteiger partial charge >= 0.3 is 0 Å². The van der Waals surface area contributed by atoms with E-state index in [-0.39, 0.29) is 0 Å². The van der Waals surface area contributed by atoms with E-state index in [9.17, 15) is 0 Å². The average molecular weight is 418 g/mol. The highest BCUT2D eigenvalue weighted by molar-refractivity contribution is 9.11. The Kier molecular flexibility index (Phi) is 4.70. The number of benzene rings is 2. The molecule has 4 aromatic rings. The number of hydrogen-bond donors (Lipinski definition) is 0. The Morgan fingerprint density at radius 1 is 0.773 bits per heavy atom. The van der Waals surface area contributed by atoms with E-state index >= 15 is 0 Å². The Bertz CT molecular complexity index is 862. The minimum atomic E-state index is 0.605. The Morgan fingerprint density at radius 3 is 2.32 bits per heavy atom. The van der Waals surface area contributed by atoms with Gasteiger partial charge in [-0.1, -0.05) is 36.4 Å². The Morgan fingerprint density at radius 2 is 1.50 bits per heavy atom. The van der Waals surface area contributed by atoms with Crippen molar-refractivity contribution in [2.24, 2.45) is 0 Å². The van der Waals surface area contributed by atoms with Gasteiger partial charge in [0.2, 0.25) is 0 Å². The first kappa shape index (κ1) is 15.0. The van der Waals surface area contributed by atoms with Crippen molar-refractivity contribution < 1.29 is 0 Å². The van der Waals surface area contributed by atoms with Crippen LogP contribution in [0.1, 0.15) is 0 Å². The van der Waals surface area contributed by atoms with Crippen molar-refractivity contribution in [2.45, 2.75) is 0 Å². The Balaban J connectivity index is 0.000000133. The highest BCUT2D eigenvalue weighted by atomic mass is 79.9. The maximum absolute atomic E-state index is 4.21. The van der Waals surface area contributed by atoms with Gasteiger partial charge in [-0.2, -0.15) is 0 Å². The van der Waals surface area contributed by atoms with Crippen molar-refractivity contribution in [2.75, 3.05) is 0 Å². The molecule has 4 rings (SSSR count). The van der Waals surface area contributed by atoms with Crippen LogP contribution >= 0.6 is 31.9 Å². The smallest absolute Gasteiger partial charge is 0.198 e. The summed E-state index contributed by atoms with van der Waals surface area (Å²) in [6, 6.07) is 15.8. The normalized spacial score (nSPS) is 10.3. The number of halogens is 2. The highest BCUT2D eigenvalue weighted by Gasteiger charge is 2.01. The van der Waals surface area contributed by atoms with Crippen LogP contribution in [0.4, 0.5) is 0 Å². The first-order valence-electron chi connectivity index (χ1n) is 6.46. The van der Waals surface area contributed by atoms with Gasteiger partial charge in [-0.15, -0.1) is 0 Å². The number of rotatable bonds is 0. The first-order chi connectivity index (χ1) is 10.7. The molecule has 0 radical (unpaired) electrons. The topological polar surface area (TPSA) is 51.6 Å². The van der Waals surface area contributed by atoms with Crippen molar-refractivity contribution in [3.05, 3.63) is 70.4 Å². The fourth-order valence-corrected chi connectivity index (χ4v) is 3.04. The summed E-state index contributed by atoms with van der Waals surface area (Å²) in [4.78, 5) is 16.3. The standard InChI is InChI=1S/C8H4Br2N2.C8H6N2/c9-7-5-3-1-2-4-6(5)11-8(10)12-7;1-2-4-8-7(3-1)5-9-6-10-8/h1-4H;1-6H. The van der Waals surface area contributed by atoms with Crippen LogP contribution in [0, 0.1) is 0 Å². The van der Waals surface area contributed by atoms with Crippen LogP contribution in [0.25, 0.3) is 21.8 Å². The summed E-state index contributed by atoms with van der Waals surface area (Å²) in [5.74, 6) is 0. The molecule has 2 aromatic heterocycles. The predicted molar refractivity (Wildman–Crippen MR) is 94.5 cm³/mol. The molecule has 0 fully saturated rings. The highest BCUT2D eigenvalue weighted by Crippen LogP contribution is 2.21. The number of nitrogens with zero attached hydrogens (tertiary/aromatic N) is 4. The van der Waals surface area contributed by atoms with Crippen LogP contribution < -0.4 is 0 Å². The second kappa shape index (κ2) is 6.89. The van der Waals surface area contributed by atoms with E-state index in [0.717, 1.165) is 26.4 Å². The van der Waals surface area contributed by atoms with E-state index in [1.165, 1.54) is 0 Å². The molecule has 0 N–H and O–H groups in total. The molecule has 6 heteroatoms. The lowest BCUT2D eigenvalue weighted by molar-refractivity contribution is 1.13. The summed E-state index contributed by atoms with van der Waals surface area (Å²) in [5, 5.41) is 2.12. The second-order valence-electron chi connectivity index (χ2n) is 4.38. The van der Waals surface area contributed by atoms with Crippen molar-refractivity contribution in [1.82, 2.24) is 19.9 Å². The maximum Gasteiger partial charge on any atom is 0.198 e. The van der Waals surface area contributed by atoms with E-state index in [1.54, 1.807) is 6.33 Å². The zero-order valence-electron chi connectivity index (χ0n) is 11.3. The zero-order valence-corrected chi connectivity index (χ0v) is 14.5. The minimum Gasteiger partial charge on any atom is -0.244 e. The van der Waals surface area contributed by atoms with Gasteiger partial charge in [0.15, 0.2) is 4.73 Å². The second-order valence-corrected chi connectivity index (χ2v) is 5.84. The molecule has 2 aromatic carbocycles. The molecule has 108 valence electrons. The molecule has 0 saturated heterocycles. The van der Waals surface area contributed by atoms with Gasteiger partial charge in [0.1, 0.15) is 10.9 Å². The maximum atomic E-state index is 4.21. The summed E-state index contributed by atoms with van der Waals surface area (Å²) in [7, 11) is 0. The third-order valence-electron chi connectivity index (χ3n) is 2.94. The van der Waals surface area contributed by atoms with Gasteiger partial charge in [0, 0.05) is 17.0 Å². The van der Waals surface area contributed by atoms with E-state index in [1.807, 2.05) is 54.7 Å². The molecule has 2 heterocycles. The molecule has 0 unspecified atom stereocenters. The monoisotopic (exact) mass is 416 g/mol. The summed E-state index contributed by atoms with van der Waals surface area (Å²) >= 11 is 6.60. The molecule has 0 amide bonds. The van der Waals surface area contributed by atoms with Gasteiger partial charge in [-0.3, -0.25) is 0 Å². The third kappa shape index (κ3) is 3.45. The Labute approximate surface area is 143 Å². The van der Waals surface area contributed by atoms with Crippen LogP contribution in [0.15, 0.2) is 70.4 Å². The molecule has 0 atom stereocenters. The number of fused-ring (bicyclic) bond motifs is 2. The van der Waals surface area contributed by atoms with Crippen molar-refractivity contribution >= 4 is 53.7 Å². The largest absolute Gasteiger partial charge is 0.244 e. The summed E-state index contributed by atoms with van der Waals surface area (Å²) in [6.45, 7) is 0. The SMILES string of the molecule is Brc1nc(Br)c2ccccc2n1.c1ccc2ncncc2c1. The quantitative estimate of drug-likeness (QED) is 0.305. The molecule has 0 aliphatic heterocycles. The minimum absolute atomic E-state index is 0.605. The molecule has 0 bridgehead atoms. The van der Waals surface area contributed by atoms with E-state index in [0.29, 0.717) is 4.73 Å². The first-order valence-corrected chi connectivity index (χ1v) is 8.05. The lowest BCUT2D eigenvalue weighted by Gasteiger charge is -1.98. The van der Waals surface area contributed by atoms with Crippen LogP contribution in [-0.4, -0.2) is 19.9 Å². The molecule has 0 aliphatic carbocycles.